The van der Waals surface area contributed by atoms with Crippen LogP contribution in [0.15, 0.2) is 126 Å². The summed E-state index contributed by atoms with van der Waals surface area (Å²) >= 11 is 0. The van der Waals surface area contributed by atoms with Gasteiger partial charge in [-0.3, -0.25) is 9.98 Å². The molecule has 0 spiro atoms. The van der Waals surface area contributed by atoms with Crippen LogP contribution in [-0.4, -0.2) is 11.2 Å². The van der Waals surface area contributed by atoms with Crippen molar-refractivity contribution in [2.75, 3.05) is 0 Å². The number of hydrogen-bond acceptors (Lipinski definition) is 2. The Morgan fingerprint density at radius 2 is 1.57 bits per heavy atom. The maximum Gasteiger partial charge on any atom is 0.0783 e. The Balaban J connectivity index is 1.28. The molecule has 4 aromatic carbocycles. The van der Waals surface area contributed by atoms with Crippen LogP contribution in [0.5, 0.6) is 0 Å². The second-order valence-corrected chi connectivity index (χ2v) is 13.4. The predicted octanol–water partition coefficient (Wildman–Crippen LogP) is 10.6. The third-order valence-corrected chi connectivity index (χ3v) is 9.60. The van der Waals surface area contributed by atoms with Gasteiger partial charge in [0.05, 0.1) is 11.7 Å². The van der Waals surface area contributed by atoms with E-state index in [1.165, 1.54) is 55.3 Å². The van der Waals surface area contributed by atoms with E-state index in [1.807, 2.05) is 30.6 Å². The minimum atomic E-state index is 0.0914. The summed E-state index contributed by atoms with van der Waals surface area (Å²) in [5.41, 5.74) is 12.9. The molecule has 214 valence electrons. The molecule has 0 bridgehead atoms. The summed E-state index contributed by atoms with van der Waals surface area (Å²) in [6.07, 6.45) is 16.3. The van der Waals surface area contributed by atoms with Gasteiger partial charge in [0.15, 0.2) is 0 Å². The number of hydrogen-bond donors (Lipinski definition) is 0. The van der Waals surface area contributed by atoms with Crippen LogP contribution in [0.25, 0.3) is 33.7 Å². The van der Waals surface area contributed by atoms with E-state index in [2.05, 4.69) is 129 Å². The average Bonchev–Trinajstić information content (AvgIpc) is 3.07. The van der Waals surface area contributed by atoms with Crippen molar-refractivity contribution in [2.45, 2.75) is 50.5 Å². The van der Waals surface area contributed by atoms with Crippen molar-refractivity contribution >= 4 is 28.6 Å². The molecule has 1 aromatic heterocycles. The zero-order chi connectivity index (χ0) is 29.8. The van der Waals surface area contributed by atoms with Crippen molar-refractivity contribution in [3.8, 4) is 11.3 Å². The summed E-state index contributed by atoms with van der Waals surface area (Å²) in [7, 11) is 0. The summed E-state index contributed by atoms with van der Waals surface area (Å²) in [6, 6.07) is 34.0. The van der Waals surface area contributed by atoms with Crippen LogP contribution in [0.1, 0.15) is 84.0 Å². The number of aliphatic imine (C=N–C) groups is 1. The molecule has 3 atom stereocenters. The molecule has 0 fully saturated rings. The average molecular weight is 569 g/mol. The molecule has 0 amide bonds. The number of pyridine rings is 1. The summed E-state index contributed by atoms with van der Waals surface area (Å²) in [4.78, 5) is 9.28. The van der Waals surface area contributed by atoms with Crippen LogP contribution in [-0.2, 0) is 5.41 Å². The Morgan fingerprint density at radius 1 is 0.773 bits per heavy atom. The fraction of sp³-hybridized carbons (Fsp3) is 0.190. The summed E-state index contributed by atoms with van der Waals surface area (Å²) < 4.78 is 0. The molecular formula is C42H36N2. The lowest BCUT2D eigenvalue weighted by Gasteiger charge is -2.36. The highest BCUT2D eigenvalue weighted by molar-refractivity contribution is 6.02. The molecule has 2 aliphatic carbocycles. The standard InChI is InChI=1S/C42H36N2/c1-42(2,3)33-24-31-18-20-34-36(27-10-14-29(15-11-27)38-8-4-6-22-43-38)26-37(35-21-19-32(25-33)40(31)41(34)35)28-12-16-30(17-13-28)39-9-5-7-23-44-39/h4-8,10-26,35,37,39H,9H2,1-3H3. The van der Waals surface area contributed by atoms with E-state index in [4.69, 9.17) is 4.99 Å². The van der Waals surface area contributed by atoms with Gasteiger partial charge in [-0.05, 0) is 85.3 Å². The van der Waals surface area contributed by atoms with E-state index in [-0.39, 0.29) is 23.3 Å². The number of dihydropyridines is 1. The van der Waals surface area contributed by atoms with E-state index in [0.717, 1.165) is 17.7 Å². The summed E-state index contributed by atoms with van der Waals surface area (Å²) in [5, 5.41) is 2.74. The lowest BCUT2D eigenvalue weighted by atomic mass is 9.68. The molecule has 2 nitrogen and oxygen atoms in total. The highest BCUT2D eigenvalue weighted by Gasteiger charge is 2.34. The van der Waals surface area contributed by atoms with E-state index in [0.29, 0.717) is 0 Å². The number of nitrogens with zero attached hydrogens (tertiary/aromatic N) is 2. The molecule has 0 saturated heterocycles. The normalized spacial score (nSPS) is 20.2. The summed E-state index contributed by atoms with van der Waals surface area (Å²) in [6.45, 7) is 6.91. The van der Waals surface area contributed by atoms with Gasteiger partial charge in [-0.15, -0.1) is 0 Å². The van der Waals surface area contributed by atoms with Gasteiger partial charge < -0.3 is 0 Å². The van der Waals surface area contributed by atoms with Crippen LogP contribution in [0.3, 0.4) is 0 Å². The van der Waals surface area contributed by atoms with Crippen LogP contribution in [0, 0.1) is 0 Å². The lowest BCUT2D eigenvalue weighted by molar-refractivity contribution is 0.591. The largest absolute Gasteiger partial charge is 0.285 e. The van der Waals surface area contributed by atoms with Crippen LogP contribution in [0.4, 0.5) is 0 Å². The van der Waals surface area contributed by atoms with Crippen molar-refractivity contribution in [1.29, 1.82) is 0 Å². The Labute approximate surface area is 260 Å². The van der Waals surface area contributed by atoms with Crippen molar-refractivity contribution in [3.05, 3.63) is 160 Å². The molecule has 44 heavy (non-hydrogen) atoms. The Bertz CT molecular complexity index is 2000. The van der Waals surface area contributed by atoms with E-state index < -0.39 is 0 Å². The first-order chi connectivity index (χ1) is 21.4. The fourth-order valence-electron chi connectivity index (χ4n) is 7.20. The molecule has 0 radical (unpaired) electrons. The molecule has 2 heterocycles. The maximum absolute atomic E-state index is 4.71. The molecule has 3 aliphatic rings. The maximum atomic E-state index is 4.71. The van der Waals surface area contributed by atoms with E-state index in [1.54, 1.807) is 0 Å². The topological polar surface area (TPSA) is 25.2 Å². The first-order valence-electron chi connectivity index (χ1n) is 15.8. The number of aromatic nitrogens is 1. The predicted molar refractivity (Wildman–Crippen MR) is 185 cm³/mol. The van der Waals surface area contributed by atoms with Crippen LogP contribution < -0.4 is 0 Å². The van der Waals surface area contributed by atoms with Crippen LogP contribution >= 0.6 is 0 Å². The van der Waals surface area contributed by atoms with Crippen molar-refractivity contribution in [2.24, 2.45) is 4.99 Å². The minimum Gasteiger partial charge on any atom is -0.285 e. The Hall–Kier alpha value is -4.82. The third kappa shape index (κ3) is 4.57. The SMILES string of the molecule is CC(C)(C)c1cc2c3c4c(ccc3c1)C(c1ccc(-c3ccccn3)cc1)=CC(c1ccc(C3CC=CC=N3)cc1)C4C=C2. The van der Waals surface area contributed by atoms with E-state index in [9.17, 15) is 0 Å². The third-order valence-electron chi connectivity index (χ3n) is 9.60. The second-order valence-electron chi connectivity index (χ2n) is 13.4. The minimum absolute atomic E-state index is 0.0914. The Morgan fingerprint density at radius 3 is 2.30 bits per heavy atom. The van der Waals surface area contributed by atoms with Gasteiger partial charge in [0.1, 0.15) is 0 Å². The second kappa shape index (κ2) is 10.4. The van der Waals surface area contributed by atoms with Crippen LogP contribution in [0.2, 0.25) is 0 Å². The van der Waals surface area contributed by atoms with Gasteiger partial charge >= 0.3 is 0 Å². The molecule has 8 rings (SSSR count). The Kier molecular flexibility index (Phi) is 6.34. The molecular weight excluding hydrogens is 532 g/mol. The first kappa shape index (κ1) is 26.8. The summed E-state index contributed by atoms with van der Waals surface area (Å²) in [5.74, 6) is 0.508. The van der Waals surface area contributed by atoms with Crippen molar-refractivity contribution in [1.82, 2.24) is 4.98 Å². The van der Waals surface area contributed by atoms with E-state index >= 15 is 0 Å². The number of benzene rings is 4. The zero-order valence-corrected chi connectivity index (χ0v) is 25.5. The molecule has 3 unspecified atom stereocenters. The monoisotopic (exact) mass is 568 g/mol. The van der Waals surface area contributed by atoms with Crippen molar-refractivity contribution < 1.29 is 0 Å². The van der Waals surface area contributed by atoms with Gasteiger partial charge in [0.25, 0.3) is 0 Å². The van der Waals surface area contributed by atoms with Gasteiger partial charge in [0.2, 0.25) is 0 Å². The number of allylic oxidation sites excluding steroid dienone is 3. The van der Waals surface area contributed by atoms with Gasteiger partial charge in [-0.25, -0.2) is 0 Å². The molecule has 1 aliphatic heterocycles. The van der Waals surface area contributed by atoms with Crippen molar-refractivity contribution in [3.63, 3.8) is 0 Å². The molecule has 2 heteroatoms. The smallest absolute Gasteiger partial charge is 0.0783 e. The van der Waals surface area contributed by atoms with Gasteiger partial charge in [-0.1, -0.05) is 124 Å². The first-order valence-corrected chi connectivity index (χ1v) is 15.8. The molecule has 5 aromatic rings. The molecule has 0 N–H and O–H groups in total. The molecule has 0 saturated carbocycles. The highest BCUT2D eigenvalue weighted by Crippen LogP contribution is 2.52. The quantitative estimate of drug-likeness (QED) is 0.212. The fourth-order valence-corrected chi connectivity index (χ4v) is 7.20. The highest BCUT2D eigenvalue weighted by atomic mass is 14.8. The van der Waals surface area contributed by atoms with Gasteiger partial charge in [-0.2, -0.15) is 0 Å². The zero-order valence-electron chi connectivity index (χ0n) is 25.5. The van der Waals surface area contributed by atoms with Gasteiger partial charge in [0, 0.05) is 29.8 Å². The number of rotatable bonds is 4. The lowest BCUT2D eigenvalue weighted by Crippen LogP contribution is -2.18.